The number of rotatable bonds is 5. The number of unbranched alkanes of at least 4 members (excludes halogenated alkanes) is 1. The number of carbonyl (C=O) groups is 1. The molecular formula is C19H30FN3O. The van der Waals surface area contributed by atoms with Gasteiger partial charge in [-0.1, -0.05) is 12.1 Å². The minimum absolute atomic E-state index is 0.0402. The number of piperazine rings is 1. The summed E-state index contributed by atoms with van der Waals surface area (Å²) in [5, 5.41) is 3.02. The molecule has 1 aliphatic heterocycles. The Balaban J connectivity index is 1.61. The molecule has 0 aromatic heterocycles. The van der Waals surface area contributed by atoms with Gasteiger partial charge in [0.2, 0.25) is 0 Å². The molecule has 1 aromatic rings. The Morgan fingerprint density at radius 2 is 1.71 bits per heavy atom. The SMILES string of the molecule is CC(C)(C)NC(=O)N1CCN(CCCCc2ccc(F)cc2)CC1. The van der Waals surface area contributed by atoms with Gasteiger partial charge in [-0.2, -0.15) is 0 Å². The summed E-state index contributed by atoms with van der Waals surface area (Å²) in [6.07, 6.45) is 3.23. The van der Waals surface area contributed by atoms with Crippen molar-refractivity contribution in [3.63, 3.8) is 0 Å². The normalized spacial score (nSPS) is 16.2. The third kappa shape index (κ3) is 6.48. The summed E-state index contributed by atoms with van der Waals surface area (Å²) < 4.78 is 12.9. The summed E-state index contributed by atoms with van der Waals surface area (Å²) in [4.78, 5) is 16.5. The van der Waals surface area contributed by atoms with E-state index in [0.717, 1.165) is 52.0 Å². The van der Waals surface area contributed by atoms with E-state index < -0.39 is 0 Å². The summed E-state index contributed by atoms with van der Waals surface area (Å²) >= 11 is 0. The third-order valence-corrected chi connectivity index (χ3v) is 4.24. The maximum Gasteiger partial charge on any atom is 0.317 e. The lowest BCUT2D eigenvalue weighted by atomic mass is 10.1. The molecule has 0 atom stereocenters. The minimum Gasteiger partial charge on any atom is -0.333 e. The molecule has 2 amide bonds. The number of urea groups is 1. The van der Waals surface area contributed by atoms with Gasteiger partial charge in [0, 0.05) is 31.7 Å². The maximum atomic E-state index is 12.9. The van der Waals surface area contributed by atoms with Crippen LogP contribution in [0.4, 0.5) is 9.18 Å². The lowest BCUT2D eigenvalue weighted by Gasteiger charge is -2.36. The Morgan fingerprint density at radius 1 is 1.08 bits per heavy atom. The van der Waals surface area contributed by atoms with Crippen LogP contribution in [-0.2, 0) is 6.42 Å². The van der Waals surface area contributed by atoms with Gasteiger partial charge in [-0.3, -0.25) is 4.90 Å². The van der Waals surface area contributed by atoms with E-state index in [2.05, 4.69) is 10.2 Å². The molecule has 24 heavy (non-hydrogen) atoms. The molecular weight excluding hydrogens is 305 g/mol. The highest BCUT2D eigenvalue weighted by molar-refractivity contribution is 5.75. The van der Waals surface area contributed by atoms with Gasteiger partial charge in [0.15, 0.2) is 0 Å². The standard InChI is InChI=1S/C19H30FN3O/c1-19(2,3)21-18(24)23-14-12-22(13-15-23)11-5-4-6-16-7-9-17(20)10-8-16/h7-10H,4-6,11-15H2,1-3H3,(H,21,24). The van der Waals surface area contributed by atoms with Gasteiger partial charge in [0.1, 0.15) is 5.82 Å². The zero-order valence-electron chi connectivity index (χ0n) is 15.1. The second kappa shape index (κ2) is 8.47. The minimum atomic E-state index is -0.186. The third-order valence-electron chi connectivity index (χ3n) is 4.24. The van der Waals surface area contributed by atoms with Crippen molar-refractivity contribution in [2.24, 2.45) is 0 Å². The molecule has 0 radical (unpaired) electrons. The van der Waals surface area contributed by atoms with Gasteiger partial charge < -0.3 is 10.2 Å². The number of hydrogen-bond donors (Lipinski definition) is 1. The molecule has 1 N–H and O–H groups in total. The fourth-order valence-corrected chi connectivity index (χ4v) is 2.89. The largest absolute Gasteiger partial charge is 0.333 e. The van der Waals surface area contributed by atoms with Crippen LogP contribution in [-0.4, -0.2) is 54.1 Å². The molecule has 1 saturated heterocycles. The van der Waals surface area contributed by atoms with Crippen LogP contribution in [0.5, 0.6) is 0 Å². The van der Waals surface area contributed by atoms with Gasteiger partial charge in [0.25, 0.3) is 0 Å². The quantitative estimate of drug-likeness (QED) is 0.838. The summed E-state index contributed by atoms with van der Waals surface area (Å²) in [6.45, 7) is 10.5. The lowest BCUT2D eigenvalue weighted by Crippen LogP contribution is -2.55. The fraction of sp³-hybridized carbons (Fsp3) is 0.632. The number of halogens is 1. The first-order valence-electron chi connectivity index (χ1n) is 8.87. The average molecular weight is 335 g/mol. The Labute approximate surface area is 145 Å². The van der Waals surface area contributed by atoms with Crippen LogP contribution >= 0.6 is 0 Å². The van der Waals surface area contributed by atoms with Crippen molar-refractivity contribution in [1.82, 2.24) is 15.1 Å². The van der Waals surface area contributed by atoms with Crippen molar-refractivity contribution >= 4 is 6.03 Å². The van der Waals surface area contributed by atoms with Crippen molar-refractivity contribution in [3.8, 4) is 0 Å². The highest BCUT2D eigenvalue weighted by atomic mass is 19.1. The average Bonchev–Trinajstić information content (AvgIpc) is 2.52. The number of aryl methyl sites for hydroxylation is 1. The lowest BCUT2D eigenvalue weighted by molar-refractivity contribution is 0.133. The molecule has 4 nitrogen and oxygen atoms in total. The highest BCUT2D eigenvalue weighted by Crippen LogP contribution is 2.09. The van der Waals surface area contributed by atoms with Crippen LogP contribution in [0, 0.1) is 5.82 Å². The van der Waals surface area contributed by atoms with E-state index in [1.165, 1.54) is 17.7 Å². The molecule has 1 aromatic carbocycles. The molecule has 5 heteroatoms. The summed E-state index contributed by atoms with van der Waals surface area (Å²) in [7, 11) is 0. The molecule has 134 valence electrons. The summed E-state index contributed by atoms with van der Waals surface area (Å²) in [6, 6.07) is 6.82. The fourth-order valence-electron chi connectivity index (χ4n) is 2.89. The van der Waals surface area contributed by atoms with Gasteiger partial charge in [0.05, 0.1) is 0 Å². The van der Waals surface area contributed by atoms with Crippen molar-refractivity contribution in [2.45, 2.75) is 45.6 Å². The van der Waals surface area contributed by atoms with Crippen molar-refractivity contribution in [1.29, 1.82) is 0 Å². The molecule has 1 heterocycles. The second-order valence-corrected chi connectivity index (χ2v) is 7.59. The molecule has 0 aliphatic carbocycles. The summed E-state index contributed by atoms with van der Waals surface area (Å²) in [5.74, 6) is -0.174. The molecule has 0 unspecified atom stereocenters. The first kappa shape index (κ1) is 18.7. The maximum absolute atomic E-state index is 12.9. The van der Waals surface area contributed by atoms with E-state index in [1.807, 2.05) is 37.8 Å². The topological polar surface area (TPSA) is 35.6 Å². The van der Waals surface area contributed by atoms with Crippen LogP contribution in [0.15, 0.2) is 24.3 Å². The van der Waals surface area contributed by atoms with Crippen LogP contribution in [0.2, 0.25) is 0 Å². The first-order valence-corrected chi connectivity index (χ1v) is 8.87. The van der Waals surface area contributed by atoms with Crippen molar-refractivity contribution < 1.29 is 9.18 Å². The molecule has 1 aliphatic rings. The van der Waals surface area contributed by atoms with Crippen LogP contribution in [0.3, 0.4) is 0 Å². The zero-order chi connectivity index (χ0) is 17.6. The highest BCUT2D eigenvalue weighted by Gasteiger charge is 2.23. The van der Waals surface area contributed by atoms with E-state index >= 15 is 0 Å². The molecule has 0 spiro atoms. The van der Waals surface area contributed by atoms with Crippen LogP contribution in [0.25, 0.3) is 0 Å². The number of amides is 2. The van der Waals surface area contributed by atoms with E-state index in [9.17, 15) is 9.18 Å². The molecule has 2 rings (SSSR count). The van der Waals surface area contributed by atoms with Crippen molar-refractivity contribution in [3.05, 3.63) is 35.6 Å². The predicted octanol–water partition coefficient (Wildman–Crippen LogP) is 3.27. The number of hydrogen-bond acceptors (Lipinski definition) is 2. The number of carbonyl (C=O) groups excluding carboxylic acids is 1. The Hall–Kier alpha value is -1.62. The Morgan fingerprint density at radius 3 is 2.29 bits per heavy atom. The van der Waals surface area contributed by atoms with E-state index in [0.29, 0.717) is 0 Å². The molecule has 0 bridgehead atoms. The van der Waals surface area contributed by atoms with Crippen LogP contribution < -0.4 is 5.32 Å². The monoisotopic (exact) mass is 335 g/mol. The Kier molecular flexibility index (Phi) is 6.60. The van der Waals surface area contributed by atoms with E-state index in [1.54, 1.807) is 0 Å². The van der Waals surface area contributed by atoms with Gasteiger partial charge in [-0.25, -0.2) is 9.18 Å². The number of benzene rings is 1. The number of nitrogens with zero attached hydrogens (tertiary/aromatic N) is 2. The van der Waals surface area contributed by atoms with Gasteiger partial charge >= 0.3 is 6.03 Å². The van der Waals surface area contributed by atoms with Crippen LogP contribution in [0.1, 0.15) is 39.2 Å². The number of nitrogens with one attached hydrogen (secondary N) is 1. The Bertz CT molecular complexity index is 516. The van der Waals surface area contributed by atoms with Crippen molar-refractivity contribution in [2.75, 3.05) is 32.7 Å². The second-order valence-electron chi connectivity index (χ2n) is 7.59. The zero-order valence-corrected chi connectivity index (χ0v) is 15.1. The van der Waals surface area contributed by atoms with Gasteiger partial charge in [-0.15, -0.1) is 0 Å². The first-order chi connectivity index (χ1) is 11.3. The predicted molar refractivity (Wildman–Crippen MR) is 95.6 cm³/mol. The molecule has 1 fully saturated rings. The molecule has 0 saturated carbocycles. The smallest absolute Gasteiger partial charge is 0.317 e. The summed E-state index contributed by atoms with van der Waals surface area (Å²) in [5.41, 5.74) is 1.01. The van der Waals surface area contributed by atoms with Gasteiger partial charge in [-0.05, 0) is 64.3 Å². The van der Waals surface area contributed by atoms with E-state index in [4.69, 9.17) is 0 Å². The van der Waals surface area contributed by atoms with E-state index in [-0.39, 0.29) is 17.4 Å².